The molecule has 0 aromatic heterocycles. The summed E-state index contributed by atoms with van der Waals surface area (Å²) < 4.78 is 0. The molecule has 188 valence electrons. The van der Waals surface area contributed by atoms with E-state index in [1.165, 1.54) is 9.80 Å². The van der Waals surface area contributed by atoms with Crippen LogP contribution < -0.4 is 10.2 Å². The quantitative estimate of drug-likeness (QED) is 0.338. The number of benzene rings is 3. The van der Waals surface area contributed by atoms with E-state index in [9.17, 15) is 14.4 Å². The van der Waals surface area contributed by atoms with Crippen molar-refractivity contribution < 1.29 is 14.4 Å². The van der Waals surface area contributed by atoms with E-state index in [2.05, 4.69) is 12.2 Å². The number of halogens is 2. The molecule has 1 aliphatic rings. The largest absolute Gasteiger partial charge is 0.354 e. The van der Waals surface area contributed by atoms with Gasteiger partial charge in [-0.15, -0.1) is 0 Å². The molecule has 3 aromatic rings. The van der Waals surface area contributed by atoms with Gasteiger partial charge in [0.15, 0.2) is 0 Å². The summed E-state index contributed by atoms with van der Waals surface area (Å²) >= 11 is 12.3. The second-order valence-corrected chi connectivity index (χ2v) is 9.73. The summed E-state index contributed by atoms with van der Waals surface area (Å²) in [4.78, 5) is 43.2. The molecule has 8 heteroatoms. The summed E-state index contributed by atoms with van der Waals surface area (Å²) in [5.41, 5.74) is 2.03. The Kier molecular flexibility index (Phi) is 8.17. The molecule has 4 rings (SSSR count). The fourth-order valence-corrected chi connectivity index (χ4v) is 4.94. The van der Waals surface area contributed by atoms with E-state index in [1.807, 2.05) is 37.3 Å². The van der Waals surface area contributed by atoms with Crippen LogP contribution in [-0.4, -0.2) is 41.8 Å². The summed E-state index contributed by atoms with van der Waals surface area (Å²) in [7, 11) is 0. The molecule has 0 bridgehead atoms. The van der Waals surface area contributed by atoms with Crippen LogP contribution >= 0.6 is 23.2 Å². The number of nitrogens with one attached hydrogen (secondary N) is 1. The normalized spacial score (nSPS) is 13.2. The molecule has 0 spiro atoms. The first-order valence-electron chi connectivity index (χ1n) is 12.2. The molecule has 0 aliphatic carbocycles. The number of rotatable bonds is 10. The third kappa shape index (κ3) is 5.20. The molecule has 1 heterocycles. The topological polar surface area (TPSA) is 69.7 Å². The van der Waals surface area contributed by atoms with Crippen molar-refractivity contribution in [1.82, 2.24) is 10.2 Å². The van der Waals surface area contributed by atoms with Crippen molar-refractivity contribution in [1.29, 1.82) is 0 Å². The maximum Gasteiger partial charge on any atom is 0.259 e. The predicted octanol–water partition coefficient (Wildman–Crippen LogP) is 5.83. The fourth-order valence-electron chi connectivity index (χ4n) is 4.62. The van der Waals surface area contributed by atoms with Crippen LogP contribution in [0.25, 0.3) is 10.8 Å². The van der Waals surface area contributed by atoms with Crippen molar-refractivity contribution in [2.24, 2.45) is 0 Å². The summed E-state index contributed by atoms with van der Waals surface area (Å²) in [5.74, 6) is -0.751. The van der Waals surface area contributed by atoms with Crippen LogP contribution in [0, 0.1) is 0 Å². The highest BCUT2D eigenvalue weighted by atomic mass is 35.5. The molecule has 0 radical (unpaired) electrons. The van der Waals surface area contributed by atoms with E-state index in [0.29, 0.717) is 34.3 Å². The summed E-state index contributed by atoms with van der Waals surface area (Å²) in [6.45, 7) is 4.45. The fraction of sp³-hybridized carbons (Fsp3) is 0.321. The van der Waals surface area contributed by atoms with Crippen molar-refractivity contribution in [3.05, 3.63) is 75.8 Å². The van der Waals surface area contributed by atoms with E-state index in [4.69, 9.17) is 23.2 Å². The van der Waals surface area contributed by atoms with Crippen LogP contribution in [0.1, 0.15) is 49.0 Å². The number of carbonyl (C=O) groups excluding carboxylic acids is 3. The van der Waals surface area contributed by atoms with Crippen molar-refractivity contribution in [3.63, 3.8) is 0 Å². The molecule has 3 amide bonds. The first-order chi connectivity index (χ1) is 17.3. The smallest absolute Gasteiger partial charge is 0.259 e. The van der Waals surface area contributed by atoms with E-state index in [0.717, 1.165) is 29.2 Å². The Morgan fingerprint density at radius 2 is 1.78 bits per heavy atom. The van der Waals surface area contributed by atoms with Gasteiger partial charge in [-0.25, -0.2) is 0 Å². The lowest BCUT2D eigenvalue weighted by Crippen LogP contribution is -2.52. The lowest BCUT2D eigenvalue weighted by atomic mass is 10.1. The van der Waals surface area contributed by atoms with Crippen LogP contribution in [0.2, 0.25) is 10.0 Å². The van der Waals surface area contributed by atoms with Gasteiger partial charge in [0.05, 0.1) is 15.7 Å². The zero-order valence-electron chi connectivity index (χ0n) is 20.4. The van der Waals surface area contributed by atoms with E-state index >= 15 is 0 Å². The Labute approximate surface area is 221 Å². The van der Waals surface area contributed by atoms with Crippen LogP contribution in [0.4, 0.5) is 5.69 Å². The van der Waals surface area contributed by atoms with Gasteiger partial charge in [0.25, 0.3) is 5.91 Å². The minimum absolute atomic E-state index is 0.161. The second-order valence-electron chi connectivity index (χ2n) is 8.91. The third-order valence-corrected chi connectivity index (χ3v) is 7.23. The predicted molar refractivity (Wildman–Crippen MR) is 145 cm³/mol. The minimum Gasteiger partial charge on any atom is -0.354 e. The molecule has 0 fully saturated rings. The van der Waals surface area contributed by atoms with Crippen LogP contribution in [0.3, 0.4) is 0 Å². The monoisotopic (exact) mass is 525 g/mol. The van der Waals surface area contributed by atoms with Crippen molar-refractivity contribution in [2.45, 2.75) is 45.7 Å². The Balaban J connectivity index is 1.64. The van der Waals surface area contributed by atoms with Crippen molar-refractivity contribution in [3.8, 4) is 0 Å². The standard InChI is InChI=1S/C28H29Cl2N3O3/c1-3-5-14-31-27(35)23(4-2)32(16-18-12-13-21(29)22(30)15-18)25(34)17-33-24-11-7-9-19-8-6-10-20(26(19)24)28(33)36/h6-13,15,23H,3-5,14,16-17H2,1-2H3,(H,31,35). The SMILES string of the molecule is CCCCNC(=O)C(CC)N(Cc1ccc(Cl)c(Cl)c1)C(=O)CN1C(=O)c2cccc3cccc1c23. The lowest BCUT2D eigenvalue weighted by molar-refractivity contribution is -0.140. The number of carbonyl (C=O) groups is 3. The lowest BCUT2D eigenvalue weighted by Gasteiger charge is -2.32. The molecule has 6 nitrogen and oxygen atoms in total. The Bertz CT molecular complexity index is 1310. The van der Waals surface area contributed by atoms with Gasteiger partial charge in [-0.3, -0.25) is 19.3 Å². The Morgan fingerprint density at radius 3 is 2.47 bits per heavy atom. The summed E-state index contributed by atoms with van der Waals surface area (Å²) in [6, 6.07) is 15.7. The van der Waals surface area contributed by atoms with Gasteiger partial charge in [-0.05, 0) is 48.1 Å². The first kappa shape index (κ1) is 26.0. The number of anilines is 1. The highest BCUT2D eigenvalue weighted by Crippen LogP contribution is 2.37. The highest BCUT2D eigenvalue weighted by Gasteiger charge is 2.35. The van der Waals surface area contributed by atoms with Crippen molar-refractivity contribution >= 4 is 57.4 Å². The minimum atomic E-state index is -0.695. The van der Waals surface area contributed by atoms with E-state index in [1.54, 1.807) is 24.3 Å². The first-order valence-corrected chi connectivity index (χ1v) is 13.0. The van der Waals surface area contributed by atoms with Gasteiger partial charge in [0.2, 0.25) is 11.8 Å². The van der Waals surface area contributed by atoms with Gasteiger partial charge in [0, 0.05) is 24.0 Å². The molecule has 1 unspecified atom stereocenters. The summed E-state index contributed by atoms with van der Waals surface area (Å²) in [6.07, 6.45) is 2.23. The van der Waals surface area contributed by atoms with Crippen LogP contribution in [0.15, 0.2) is 54.6 Å². The average molecular weight is 526 g/mol. The molecule has 1 atom stereocenters. The number of hydrogen-bond donors (Lipinski definition) is 1. The Morgan fingerprint density at radius 1 is 1.03 bits per heavy atom. The van der Waals surface area contributed by atoms with Crippen LogP contribution in [0.5, 0.6) is 0 Å². The Hall–Kier alpha value is -3.09. The van der Waals surface area contributed by atoms with Gasteiger partial charge in [-0.2, -0.15) is 0 Å². The zero-order chi connectivity index (χ0) is 25.8. The molecule has 1 aliphatic heterocycles. The van der Waals surface area contributed by atoms with Gasteiger partial charge in [-0.1, -0.05) is 73.8 Å². The molecular weight excluding hydrogens is 497 g/mol. The van der Waals surface area contributed by atoms with Crippen molar-refractivity contribution in [2.75, 3.05) is 18.0 Å². The molecule has 36 heavy (non-hydrogen) atoms. The third-order valence-electron chi connectivity index (χ3n) is 6.49. The van der Waals surface area contributed by atoms with Crippen LogP contribution in [-0.2, 0) is 16.1 Å². The maximum atomic E-state index is 13.8. The van der Waals surface area contributed by atoms with E-state index in [-0.39, 0.29) is 30.8 Å². The number of hydrogen-bond acceptors (Lipinski definition) is 3. The molecule has 1 N–H and O–H groups in total. The van der Waals surface area contributed by atoms with Gasteiger partial charge in [0.1, 0.15) is 12.6 Å². The van der Waals surface area contributed by atoms with Gasteiger partial charge >= 0.3 is 0 Å². The molecule has 0 saturated heterocycles. The average Bonchev–Trinajstić information content (AvgIpc) is 3.14. The number of unbranched alkanes of at least 4 members (excludes halogenated alkanes) is 1. The zero-order valence-corrected chi connectivity index (χ0v) is 21.9. The number of amides is 3. The molecule has 0 saturated carbocycles. The summed E-state index contributed by atoms with van der Waals surface area (Å²) in [5, 5.41) is 5.53. The highest BCUT2D eigenvalue weighted by molar-refractivity contribution is 6.42. The molecule has 3 aromatic carbocycles. The maximum absolute atomic E-state index is 13.8. The van der Waals surface area contributed by atoms with Gasteiger partial charge < -0.3 is 10.2 Å². The van der Waals surface area contributed by atoms with E-state index < -0.39 is 6.04 Å². The second kappa shape index (κ2) is 11.3. The molecular formula is C28H29Cl2N3O3. The number of nitrogens with zero attached hydrogens (tertiary/aromatic N) is 2.